The fourth-order valence-corrected chi connectivity index (χ4v) is 3.14. The number of benzene rings is 2. The van der Waals surface area contributed by atoms with Gasteiger partial charge in [0.1, 0.15) is 0 Å². The van der Waals surface area contributed by atoms with Gasteiger partial charge in [-0.25, -0.2) is 0 Å². The predicted molar refractivity (Wildman–Crippen MR) is 80.1 cm³/mol. The lowest BCUT2D eigenvalue weighted by molar-refractivity contribution is 0.236. The van der Waals surface area contributed by atoms with Crippen molar-refractivity contribution in [2.45, 2.75) is 25.4 Å². The second kappa shape index (κ2) is 5.48. The van der Waals surface area contributed by atoms with Crippen LogP contribution in [0.1, 0.15) is 34.7 Å². The number of nitriles is 1. The number of hydrogen-bond acceptors (Lipinski definition) is 2. The van der Waals surface area contributed by atoms with Crippen LogP contribution in [0.5, 0.6) is 0 Å². The summed E-state index contributed by atoms with van der Waals surface area (Å²) in [6.45, 7) is 0.822. The smallest absolute Gasteiger partial charge is 0.0995 e. The van der Waals surface area contributed by atoms with Crippen LogP contribution in [0.25, 0.3) is 0 Å². The van der Waals surface area contributed by atoms with E-state index in [0.717, 1.165) is 24.1 Å². The van der Waals surface area contributed by atoms with Gasteiger partial charge in [0.25, 0.3) is 0 Å². The molecule has 1 atom stereocenters. The summed E-state index contributed by atoms with van der Waals surface area (Å²) in [4.78, 5) is 2.36. The van der Waals surface area contributed by atoms with Gasteiger partial charge < -0.3 is 0 Å². The van der Waals surface area contributed by atoms with Gasteiger partial charge in [-0.2, -0.15) is 5.26 Å². The number of nitrogens with zero attached hydrogens (tertiary/aromatic N) is 2. The predicted octanol–water partition coefficient (Wildman–Crippen LogP) is 3.68. The molecule has 100 valence electrons. The van der Waals surface area contributed by atoms with Crippen LogP contribution in [-0.2, 0) is 13.0 Å². The molecule has 0 aromatic heterocycles. The Bertz CT molecular complexity index is 654. The molecule has 2 aromatic rings. The quantitative estimate of drug-likeness (QED) is 0.843. The minimum Gasteiger partial charge on any atom is -0.295 e. The van der Waals surface area contributed by atoms with Crippen molar-refractivity contribution in [2.75, 3.05) is 7.05 Å². The summed E-state index contributed by atoms with van der Waals surface area (Å²) in [5, 5.41) is 9.19. The molecule has 2 nitrogen and oxygen atoms in total. The molecule has 0 N–H and O–H groups in total. The van der Waals surface area contributed by atoms with Crippen LogP contribution in [-0.4, -0.2) is 11.9 Å². The van der Waals surface area contributed by atoms with E-state index >= 15 is 0 Å². The average molecular weight is 262 g/mol. The molecule has 1 aliphatic rings. The standard InChI is InChI=1S/C18H18N2/c1-20(13-16-8-3-2-7-15(16)12-19)18-11-10-14-6-4-5-9-17(14)18/h2-9,18H,10-11,13H2,1H3. The molecule has 0 fully saturated rings. The van der Waals surface area contributed by atoms with Crippen molar-refractivity contribution in [1.82, 2.24) is 4.90 Å². The summed E-state index contributed by atoms with van der Waals surface area (Å²) in [5.41, 5.74) is 4.81. The SMILES string of the molecule is CN(Cc1ccccc1C#N)C1CCc2ccccc21. The van der Waals surface area contributed by atoms with E-state index in [1.807, 2.05) is 18.2 Å². The first-order valence-electron chi connectivity index (χ1n) is 7.05. The molecule has 0 saturated heterocycles. The van der Waals surface area contributed by atoms with Crippen LogP contribution in [0.15, 0.2) is 48.5 Å². The van der Waals surface area contributed by atoms with Crippen molar-refractivity contribution in [2.24, 2.45) is 0 Å². The van der Waals surface area contributed by atoms with Gasteiger partial charge in [-0.05, 0) is 42.6 Å². The lowest BCUT2D eigenvalue weighted by atomic mass is 10.0. The second-order valence-electron chi connectivity index (χ2n) is 5.44. The van der Waals surface area contributed by atoms with Gasteiger partial charge >= 0.3 is 0 Å². The van der Waals surface area contributed by atoms with E-state index in [1.54, 1.807) is 0 Å². The molecule has 3 rings (SSSR count). The number of rotatable bonds is 3. The van der Waals surface area contributed by atoms with Gasteiger partial charge in [-0.1, -0.05) is 42.5 Å². The van der Waals surface area contributed by atoms with Crippen molar-refractivity contribution >= 4 is 0 Å². The van der Waals surface area contributed by atoms with E-state index in [9.17, 15) is 5.26 Å². The van der Waals surface area contributed by atoms with Crippen molar-refractivity contribution in [3.8, 4) is 6.07 Å². The summed E-state index contributed by atoms with van der Waals surface area (Å²) in [6.07, 6.45) is 2.33. The molecule has 20 heavy (non-hydrogen) atoms. The highest BCUT2D eigenvalue weighted by Crippen LogP contribution is 2.35. The largest absolute Gasteiger partial charge is 0.295 e. The second-order valence-corrected chi connectivity index (χ2v) is 5.44. The van der Waals surface area contributed by atoms with Gasteiger partial charge in [0, 0.05) is 12.6 Å². The number of aryl methyl sites for hydroxylation is 1. The zero-order valence-electron chi connectivity index (χ0n) is 11.7. The molecule has 0 spiro atoms. The minimum absolute atomic E-state index is 0.470. The molecule has 0 amide bonds. The van der Waals surface area contributed by atoms with E-state index in [4.69, 9.17) is 0 Å². The van der Waals surface area contributed by atoms with Crippen molar-refractivity contribution in [3.63, 3.8) is 0 Å². The molecule has 0 saturated carbocycles. The summed E-state index contributed by atoms with van der Waals surface area (Å²) >= 11 is 0. The van der Waals surface area contributed by atoms with Gasteiger partial charge in [-0.3, -0.25) is 4.90 Å². The molecule has 0 aliphatic heterocycles. The van der Waals surface area contributed by atoms with Crippen molar-refractivity contribution in [3.05, 3.63) is 70.8 Å². The Hall–Kier alpha value is -2.11. The average Bonchev–Trinajstić information content (AvgIpc) is 2.92. The Labute approximate surface area is 120 Å². The first kappa shape index (κ1) is 12.9. The van der Waals surface area contributed by atoms with Gasteiger partial charge in [0.15, 0.2) is 0 Å². The Morgan fingerprint density at radius 1 is 1.15 bits per heavy atom. The third kappa shape index (κ3) is 2.33. The van der Waals surface area contributed by atoms with Crippen molar-refractivity contribution < 1.29 is 0 Å². The lowest BCUT2D eigenvalue weighted by Gasteiger charge is -2.25. The monoisotopic (exact) mass is 262 g/mol. The van der Waals surface area contributed by atoms with Crippen LogP contribution in [0.4, 0.5) is 0 Å². The summed E-state index contributed by atoms with van der Waals surface area (Å²) in [5.74, 6) is 0. The Balaban J connectivity index is 1.81. The van der Waals surface area contributed by atoms with Crippen LogP contribution < -0.4 is 0 Å². The molecule has 0 bridgehead atoms. The molecule has 1 unspecified atom stereocenters. The third-order valence-electron chi connectivity index (χ3n) is 4.19. The third-order valence-corrected chi connectivity index (χ3v) is 4.19. The maximum atomic E-state index is 9.19. The van der Waals surface area contributed by atoms with E-state index in [0.29, 0.717) is 6.04 Å². The maximum absolute atomic E-state index is 9.19. The molecule has 0 heterocycles. The Morgan fingerprint density at radius 2 is 1.90 bits per heavy atom. The first-order valence-corrected chi connectivity index (χ1v) is 7.05. The zero-order valence-corrected chi connectivity index (χ0v) is 11.7. The van der Waals surface area contributed by atoms with E-state index in [-0.39, 0.29) is 0 Å². The van der Waals surface area contributed by atoms with Crippen molar-refractivity contribution in [1.29, 1.82) is 5.26 Å². The molecular formula is C18H18N2. The normalized spacial score (nSPS) is 16.9. The summed E-state index contributed by atoms with van der Waals surface area (Å²) in [7, 11) is 2.15. The van der Waals surface area contributed by atoms with E-state index in [1.165, 1.54) is 17.5 Å². The van der Waals surface area contributed by atoms with Crippen LogP contribution in [0.3, 0.4) is 0 Å². The van der Waals surface area contributed by atoms with Crippen LogP contribution in [0.2, 0.25) is 0 Å². The van der Waals surface area contributed by atoms with Crippen LogP contribution >= 0.6 is 0 Å². The van der Waals surface area contributed by atoms with E-state index < -0.39 is 0 Å². The summed E-state index contributed by atoms with van der Waals surface area (Å²) in [6, 6.07) is 19.3. The molecule has 2 heteroatoms. The Kier molecular flexibility index (Phi) is 3.54. The highest BCUT2D eigenvalue weighted by Gasteiger charge is 2.25. The molecular weight excluding hydrogens is 244 g/mol. The fourth-order valence-electron chi connectivity index (χ4n) is 3.14. The Morgan fingerprint density at radius 3 is 2.75 bits per heavy atom. The molecule has 2 aromatic carbocycles. The number of hydrogen-bond donors (Lipinski definition) is 0. The number of fused-ring (bicyclic) bond motifs is 1. The summed E-state index contributed by atoms with van der Waals surface area (Å²) < 4.78 is 0. The lowest BCUT2D eigenvalue weighted by Crippen LogP contribution is -2.22. The van der Waals surface area contributed by atoms with Gasteiger partial charge in [0.05, 0.1) is 11.6 Å². The topological polar surface area (TPSA) is 27.0 Å². The molecule has 0 radical (unpaired) electrons. The minimum atomic E-state index is 0.470. The zero-order chi connectivity index (χ0) is 13.9. The van der Waals surface area contributed by atoms with Gasteiger partial charge in [0.2, 0.25) is 0 Å². The first-order chi connectivity index (χ1) is 9.79. The van der Waals surface area contributed by atoms with E-state index in [2.05, 4.69) is 48.3 Å². The maximum Gasteiger partial charge on any atom is 0.0995 e. The fraction of sp³-hybridized carbons (Fsp3) is 0.278. The highest BCUT2D eigenvalue weighted by atomic mass is 15.1. The highest BCUT2D eigenvalue weighted by molar-refractivity contribution is 5.38. The van der Waals surface area contributed by atoms with Gasteiger partial charge in [-0.15, -0.1) is 0 Å². The molecule has 1 aliphatic carbocycles. The van der Waals surface area contributed by atoms with Crippen LogP contribution in [0, 0.1) is 11.3 Å².